The topological polar surface area (TPSA) is 26.3 Å². The molecule has 0 saturated heterocycles. The number of aldehydes is 1. The largest absolute Gasteiger partial charge is 0.377 e. The van der Waals surface area contributed by atoms with E-state index in [0.717, 1.165) is 24.7 Å². The van der Waals surface area contributed by atoms with E-state index in [4.69, 9.17) is 4.74 Å². The lowest BCUT2D eigenvalue weighted by Crippen LogP contribution is -2.26. The molecule has 0 N–H and O–H groups in total. The molecule has 0 aromatic rings. The van der Waals surface area contributed by atoms with E-state index in [9.17, 15) is 4.79 Å². The highest BCUT2D eigenvalue weighted by Crippen LogP contribution is 2.35. The van der Waals surface area contributed by atoms with Crippen LogP contribution < -0.4 is 0 Å². The Balaban J connectivity index is 2.77. The van der Waals surface area contributed by atoms with Gasteiger partial charge in [0.1, 0.15) is 6.29 Å². The van der Waals surface area contributed by atoms with Gasteiger partial charge in [-0.2, -0.15) is 0 Å². The molecule has 1 rings (SSSR count). The molecule has 0 amide bonds. The summed E-state index contributed by atoms with van der Waals surface area (Å²) in [4.78, 5) is 10.6. The van der Waals surface area contributed by atoms with E-state index in [1.807, 2.05) is 6.08 Å². The van der Waals surface area contributed by atoms with Gasteiger partial charge in [0.05, 0.1) is 6.10 Å². The summed E-state index contributed by atoms with van der Waals surface area (Å²) in [6.45, 7) is 4.32. The fourth-order valence-electron chi connectivity index (χ4n) is 1.76. The van der Waals surface area contributed by atoms with Crippen LogP contribution in [0.3, 0.4) is 0 Å². The number of allylic oxidation sites excluding steroid dienone is 1. The van der Waals surface area contributed by atoms with Crippen molar-refractivity contribution < 1.29 is 9.53 Å². The Bertz CT molecular complexity index is 204. The maximum atomic E-state index is 10.6. The zero-order valence-electron chi connectivity index (χ0n) is 7.96. The first kappa shape index (κ1) is 9.46. The molecule has 0 fully saturated rings. The number of hydrogen-bond acceptors (Lipinski definition) is 2. The minimum atomic E-state index is 0.119. The second-order valence-corrected chi connectivity index (χ2v) is 4.18. The Morgan fingerprint density at radius 2 is 2.33 bits per heavy atom. The Morgan fingerprint density at radius 1 is 1.67 bits per heavy atom. The van der Waals surface area contributed by atoms with Gasteiger partial charge < -0.3 is 4.74 Å². The van der Waals surface area contributed by atoms with Crippen LogP contribution >= 0.6 is 0 Å². The van der Waals surface area contributed by atoms with Crippen LogP contribution in [0.1, 0.15) is 26.7 Å². The highest BCUT2D eigenvalue weighted by atomic mass is 16.5. The van der Waals surface area contributed by atoms with Crippen LogP contribution in [0.4, 0.5) is 0 Å². The Hall–Kier alpha value is -0.630. The number of methoxy groups -OCH3 is 1. The molecule has 0 bridgehead atoms. The highest BCUT2D eigenvalue weighted by molar-refractivity contribution is 5.73. The van der Waals surface area contributed by atoms with Crippen molar-refractivity contribution in [2.45, 2.75) is 32.8 Å². The van der Waals surface area contributed by atoms with E-state index in [1.165, 1.54) is 0 Å². The first-order chi connectivity index (χ1) is 5.57. The van der Waals surface area contributed by atoms with Crippen LogP contribution in [0, 0.1) is 5.41 Å². The van der Waals surface area contributed by atoms with Crippen molar-refractivity contribution in [3.63, 3.8) is 0 Å². The second kappa shape index (κ2) is 3.40. The minimum absolute atomic E-state index is 0.119. The third kappa shape index (κ3) is 2.18. The van der Waals surface area contributed by atoms with Gasteiger partial charge >= 0.3 is 0 Å². The predicted molar refractivity (Wildman–Crippen MR) is 48.0 cm³/mol. The quantitative estimate of drug-likeness (QED) is 0.589. The highest BCUT2D eigenvalue weighted by Gasteiger charge is 2.28. The molecule has 1 atom stereocenters. The summed E-state index contributed by atoms with van der Waals surface area (Å²) in [5, 5.41) is 0. The Kier molecular flexibility index (Phi) is 2.68. The van der Waals surface area contributed by atoms with E-state index in [1.54, 1.807) is 7.11 Å². The van der Waals surface area contributed by atoms with E-state index >= 15 is 0 Å². The predicted octanol–water partition coefficient (Wildman–Crippen LogP) is 1.95. The molecule has 0 spiro atoms. The summed E-state index contributed by atoms with van der Waals surface area (Å²) in [6, 6.07) is 0. The van der Waals surface area contributed by atoms with Crippen LogP contribution in [0.5, 0.6) is 0 Å². The van der Waals surface area contributed by atoms with Crippen molar-refractivity contribution >= 4 is 6.29 Å². The van der Waals surface area contributed by atoms with Crippen LogP contribution in [-0.2, 0) is 9.53 Å². The fourth-order valence-corrected chi connectivity index (χ4v) is 1.76. The molecule has 0 saturated carbocycles. The van der Waals surface area contributed by atoms with Gasteiger partial charge in [-0.1, -0.05) is 13.8 Å². The van der Waals surface area contributed by atoms with Crippen molar-refractivity contribution in [3.05, 3.63) is 11.6 Å². The van der Waals surface area contributed by atoms with Gasteiger partial charge in [-0.3, -0.25) is 4.79 Å². The number of carbonyl (C=O) groups is 1. The molecule has 2 heteroatoms. The molecule has 1 aliphatic rings. The van der Waals surface area contributed by atoms with Gasteiger partial charge in [0.15, 0.2) is 0 Å². The van der Waals surface area contributed by atoms with Crippen molar-refractivity contribution in [2.75, 3.05) is 7.11 Å². The lowest BCUT2D eigenvalue weighted by Gasteiger charge is -2.32. The molecule has 0 heterocycles. The smallest absolute Gasteiger partial charge is 0.145 e. The zero-order chi connectivity index (χ0) is 9.19. The van der Waals surface area contributed by atoms with Gasteiger partial charge in [-0.25, -0.2) is 0 Å². The summed E-state index contributed by atoms with van der Waals surface area (Å²) in [5.74, 6) is 0. The van der Waals surface area contributed by atoms with Crippen molar-refractivity contribution in [1.82, 2.24) is 0 Å². The third-order valence-corrected chi connectivity index (χ3v) is 2.29. The van der Waals surface area contributed by atoms with Crippen molar-refractivity contribution in [2.24, 2.45) is 5.41 Å². The first-order valence-electron chi connectivity index (χ1n) is 4.26. The fraction of sp³-hybridized carbons (Fsp3) is 0.700. The number of ether oxygens (including phenoxy) is 1. The molecular formula is C10H16O2. The molecule has 0 aliphatic heterocycles. The van der Waals surface area contributed by atoms with E-state index in [2.05, 4.69) is 13.8 Å². The average molecular weight is 168 g/mol. The van der Waals surface area contributed by atoms with Crippen molar-refractivity contribution in [1.29, 1.82) is 0 Å². The summed E-state index contributed by atoms with van der Waals surface area (Å²) in [7, 11) is 1.69. The molecule has 2 nitrogen and oxygen atoms in total. The van der Waals surface area contributed by atoms with Crippen LogP contribution in [-0.4, -0.2) is 19.5 Å². The lowest BCUT2D eigenvalue weighted by atomic mass is 9.76. The number of hydrogen-bond donors (Lipinski definition) is 0. The number of carbonyl (C=O) groups excluding carboxylic acids is 1. The Labute approximate surface area is 73.6 Å². The standard InChI is InChI=1S/C10H16O2/c1-10(2)5-8(7-11)4-9(6-10)12-3/h4,7,9H,5-6H2,1-3H3. The molecule has 0 aromatic carbocycles. The van der Waals surface area contributed by atoms with Crippen molar-refractivity contribution in [3.8, 4) is 0 Å². The Morgan fingerprint density at radius 3 is 2.83 bits per heavy atom. The van der Waals surface area contributed by atoms with E-state index in [-0.39, 0.29) is 11.5 Å². The maximum absolute atomic E-state index is 10.6. The monoisotopic (exact) mass is 168 g/mol. The van der Waals surface area contributed by atoms with Crippen LogP contribution in [0.25, 0.3) is 0 Å². The van der Waals surface area contributed by atoms with Gasteiger partial charge in [-0.05, 0) is 29.9 Å². The van der Waals surface area contributed by atoms with E-state index < -0.39 is 0 Å². The van der Waals surface area contributed by atoms with Crippen LogP contribution in [0.15, 0.2) is 11.6 Å². The molecule has 68 valence electrons. The van der Waals surface area contributed by atoms with Gasteiger partial charge in [0.25, 0.3) is 0 Å². The molecule has 12 heavy (non-hydrogen) atoms. The molecule has 1 aliphatic carbocycles. The van der Waals surface area contributed by atoms with Gasteiger partial charge in [0.2, 0.25) is 0 Å². The lowest BCUT2D eigenvalue weighted by molar-refractivity contribution is -0.105. The summed E-state index contributed by atoms with van der Waals surface area (Å²) < 4.78 is 5.22. The van der Waals surface area contributed by atoms with Gasteiger partial charge in [0, 0.05) is 7.11 Å². The normalized spacial score (nSPS) is 27.9. The molecule has 0 aromatic heterocycles. The molecule has 1 unspecified atom stereocenters. The minimum Gasteiger partial charge on any atom is -0.377 e. The van der Waals surface area contributed by atoms with Crippen LogP contribution in [0.2, 0.25) is 0 Å². The zero-order valence-corrected chi connectivity index (χ0v) is 7.96. The first-order valence-corrected chi connectivity index (χ1v) is 4.26. The van der Waals surface area contributed by atoms with Gasteiger partial charge in [-0.15, -0.1) is 0 Å². The van der Waals surface area contributed by atoms with E-state index in [0.29, 0.717) is 0 Å². The maximum Gasteiger partial charge on any atom is 0.145 e. The summed E-state index contributed by atoms with van der Waals surface area (Å²) in [5.41, 5.74) is 1.07. The summed E-state index contributed by atoms with van der Waals surface area (Å²) in [6.07, 6.45) is 4.86. The third-order valence-electron chi connectivity index (χ3n) is 2.29. The SMILES string of the molecule is COC1C=C(C=O)CC(C)(C)C1. The second-order valence-electron chi connectivity index (χ2n) is 4.18. The number of rotatable bonds is 2. The average Bonchev–Trinajstić information content (AvgIpc) is 2.01. The molecular weight excluding hydrogens is 152 g/mol. The molecule has 0 radical (unpaired) electrons. The summed E-state index contributed by atoms with van der Waals surface area (Å²) >= 11 is 0.